The predicted octanol–water partition coefficient (Wildman–Crippen LogP) is 2.33. The Morgan fingerprint density at radius 3 is 2.00 bits per heavy atom. The fourth-order valence-electron chi connectivity index (χ4n) is 1.44. The third-order valence-corrected chi connectivity index (χ3v) is 3.22. The zero-order chi connectivity index (χ0) is 15.7. The van der Waals surface area contributed by atoms with Crippen LogP contribution < -0.4 is 5.32 Å². The molecule has 0 aliphatic carbocycles. The SMILES string of the molecule is CC(C)[C@](C)(NC(=O)c1cc(F)c(F)c(F)c1)C(=O)O. The van der Waals surface area contributed by atoms with Crippen molar-refractivity contribution in [1.29, 1.82) is 0 Å². The number of aliphatic carboxylic acids is 1. The van der Waals surface area contributed by atoms with Crippen molar-refractivity contribution in [3.63, 3.8) is 0 Å². The first-order valence-electron chi connectivity index (χ1n) is 5.80. The highest BCUT2D eigenvalue weighted by molar-refractivity contribution is 5.97. The summed E-state index contributed by atoms with van der Waals surface area (Å²) in [6.45, 7) is 4.41. The largest absolute Gasteiger partial charge is 0.480 e. The molecule has 7 heteroatoms. The molecule has 0 fully saturated rings. The summed E-state index contributed by atoms with van der Waals surface area (Å²) >= 11 is 0. The van der Waals surface area contributed by atoms with E-state index in [9.17, 15) is 22.8 Å². The first-order chi connectivity index (χ1) is 9.09. The minimum atomic E-state index is -1.69. The van der Waals surface area contributed by atoms with Crippen LogP contribution in [0, 0.1) is 23.4 Å². The Kier molecular flexibility index (Phi) is 4.42. The molecule has 0 aliphatic heterocycles. The lowest BCUT2D eigenvalue weighted by Crippen LogP contribution is -2.55. The topological polar surface area (TPSA) is 66.4 Å². The Hall–Kier alpha value is -2.05. The molecule has 1 aromatic rings. The van der Waals surface area contributed by atoms with E-state index in [1.165, 1.54) is 6.92 Å². The quantitative estimate of drug-likeness (QED) is 0.836. The number of benzene rings is 1. The summed E-state index contributed by atoms with van der Waals surface area (Å²) < 4.78 is 38.9. The molecule has 0 bridgehead atoms. The van der Waals surface area contributed by atoms with Crippen molar-refractivity contribution >= 4 is 11.9 Å². The Bertz CT molecular complexity index is 537. The molecule has 0 unspecified atom stereocenters. The Labute approximate surface area is 113 Å². The van der Waals surface area contributed by atoms with Crippen molar-refractivity contribution < 1.29 is 27.9 Å². The monoisotopic (exact) mass is 289 g/mol. The fourth-order valence-corrected chi connectivity index (χ4v) is 1.44. The second kappa shape index (κ2) is 5.52. The minimum Gasteiger partial charge on any atom is -0.480 e. The van der Waals surface area contributed by atoms with Gasteiger partial charge in [0.2, 0.25) is 0 Å². The number of rotatable bonds is 4. The van der Waals surface area contributed by atoms with Crippen LogP contribution in [0.4, 0.5) is 13.2 Å². The van der Waals surface area contributed by atoms with Gasteiger partial charge in [-0.2, -0.15) is 0 Å². The van der Waals surface area contributed by atoms with Crippen molar-refractivity contribution in [3.05, 3.63) is 35.1 Å². The molecule has 1 amide bonds. The van der Waals surface area contributed by atoms with Crippen LogP contribution in [0.15, 0.2) is 12.1 Å². The van der Waals surface area contributed by atoms with Crippen LogP contribution in [0.5, 0.6) is 0 Å². The molecule has 1 atom stereocenters. The molecule has 4 nitrogen and oxygen atoms in total. The van der Waals surface area contributed by atoms with E-state index < -0.39 is 46.3 Å². The summed E-state index contributed by atoms with van der Waals surface area (Å²) in [7, 11) is 0. The van der Waals surface area contributed by atoms with Crippen LogP contribution in [0.2, 0.25) is 0 Å². The number of carboxylic acid groups (broad SMARTS) is 1. The van der Waals surface area contributed by atoms with E-state index in [-0.39, 0.29) is 0 Å². The van der Waals surface area contributed by atoms with E-state index in [1.807, 2.05) is 0 Å². The van der Waals surface area contributed by atoms with Crippen LogP contribution in [-0.2, 0) is 4.79 Å². The molecule has 1 aromatic carbocycles. The van der Waals surface area contributed by atoms with Gasteiger partial charge in [-0.3, -0.25) is 4.79 Å². The number of carboxylic acids is 1. The average molecular weight is 289 g/mol. The average Bonchev–Trinajstić information content (AvgIpc) is 2.34. The number of amides is 1. The van der Waals surface area contributed by atoms with Crippen molar-refractivity contribution in [2.24, 2.45) is 5.92 Å². The van der Waals surface area contributed by atoms with E-state index in [0.717, 1.165) is 0 Å². The fraction of sp³-hybridized carbons (Fsp3) is 0.385. The molecule has 0 saturated heterocycles. The van der Waals surface area contributed by atoms with Crippen LogP contribution in [0.3, 0.4) is 0 Å². The van der Waals surface area contributed by atoms with Gasteiger partial charge in [-0.05, 0) is 25.0 Å². The van der Waals surface area contributed by atoms with E-state index in [4.69, 9.17) is 5.11 Å². The Morgan fingerprint density at radius 2 is 1.65 bits per heavy atom. The van der Waals surface area contributed by atoms with E-state index in [2.05, 4.69) is 5.32 Å². The number of halogens is 3. The highest BCUT2D eigenvalue weighted by Crippen LogP contribution is 2.19. The summed E-state index contributed by atoms with van der Waals surface area (Å²) in [5.74, 6) is -7.48. The highest BCUT2D eigenvalue weighted by atomic mass is 19.2. The Balaban J connectivity index is 3.11. The third-order valence-electron chi connectivity index (χ3n) is 3.22. The summed E-state index contributed by atoms with van der Waals surface area (Å²) in [5, 5.41) is 11.3. The van der Waals surface area contributed by atoms with Gasteiger partial charge < -0.3 is 10.4 Å². The smallest absolute Gasteiger partial charge is 0.329 e. The van der Waals surface area contributed by atoms with Crippen LogP contribution in [-0.4, -0.2) is 22.5 Å². The molecule has 0 heterocycles. The summed E-state index contributed by atoms with van der Waals surface area (Å²) in [6, 6.07) is 1.02. The lowest BCUT2D eigenvalue weighted by molar-refractivity contribution is -0.145. The van der Waals surface area contributed by atoms with Gasteiger partial charge in [0.05, 0.1) is 0 Å². The molecule has 0 saturated carbocycles. The van der Waals surface area contributed by atoms with E-state index in [0.29, 0.717) is 12.1 Å². The first-order valence-corrected chi connectivity index (χ1v) is 5.80. The van der Waals surface area contributed by atoms with Gasteiger partial charge in [0.1, 0.15) is 5.54 Å². The standard InChI is InChI=1S/C13H14F3NO3/c1-6(2)13(3,12(19)20)17-11(18)7-4-8(14)10(16)9(15)5-7/h4-6H,1-3H3,(H,17,18)(H,19,20)/t13-/m0/s1. The van der Waals surface area contributed by atoms with Crippen molar-refractivity contribution in [3.8, 4) is 0 Å². The zero-order valence-corrected chi connectivity index (χ0v) is 11.1. The number of hydrogen-bond donors (Lipinski definition) is 2. The summed E-state index contributed by atoms with van der Waals surface area (Å²) in [5.41, 5.74) is -2.10. The normalized spacial score (nSPS) is 13.9. The van der Waals surface area contributed by atoms with Crippen molar-refractivity contribution in [2.75, 3.05) is 0 Å². The summed E-state index contributed by atoms with van der Waals surface area (Å²) in [6.07, 6.45) is 0. The molecular formula is C13H14F3NO3. The minimum absolute atomic E-state index is 0.473. The molecule has 110 valence electrons. The molecular weight excluding hydrogens is 275 g/mol. The predicted molar refractivity (Wildman–Crippen MR) is 64.7 cm³/mol. The van der Waals surface area contributed by atoms with Gasteiger partial charge >= 0.3 is 5.97 Å². The van der Waals surface area contributed by atoms with Crippen molar-refractivity contribution in [1.82, 2.24) is 5.32 Å². The second-order valence-corrected chi connectivity index (χ2v) is 4.87. The van der Waals surface area contributed by atoms with Gasteiger partial charge in [0.25, 0.3) is 5.91 Å². The molecule has 0 aliphatic rings. The molecule has 2 N–H and O–H groups in total. The maximum absolute atomic E-state index is 13.0. The molecule has 1 rings (SSSR count). The van der Waals surface area contributed by atoms with Crippen LogP contribution in [0.25, 0.3) is 0 Å². The molecule has 0 spiro atoms. The maximum Gasteiger partial charge on any atom is 0.329 e. The highest BCUT2D eigenvalue weighted by Gasteiger charge is 2.38. The second-order valence-electron chi connectivity index (χ2n) is 4.87. The van der Waals surface area contributed by atoms with Gasteiger partial charge in [-0.1, -0.05) is 13.8 Å². The van der Waals surface area contributed by atoms with Gasteiger partial charge in [0, 0.05) is 5.56 Å². The van der Waals surface area contributed by atoms with Gasteiger partial charge in [0.15, 0.2) is 17.5 Å². The Morgan fingerprint density at radius 1 is 1.20 bits per heavy atom. The van der Waals surface area contributed by atoms with E-state index >= 15 is 0 Å². The number of carbonyl (C=O) groups is 2. The van der Waals surface area contributed by atoms with Crippen LogP contribution >= 0.6 is 0 Å². The maximum atomic E-state index is 13.0. The molecule has 0 radical (unpaired) electrons. The van der Waals surface area contributed by atoms with Gasteiger partial charge in [-0.15, -0.1) is 0 Å². The van der Waals surface area contributed by atoms with E-state index in [1.54, 1.807) is 13.8 Å². The van der Waals surface area contributed by atoms with Crippen molar-refractivity contribution in [2.45, 2.75) is 26.3 Å². The number of nitrogens with one attached hydrogen (secondary N) is 1. The summed E-state index contributed by atoms with van der Waals surface area (Å²) in [4.78, 5) is 23.0. The van der Waals surface area contributed by atoms with Gasteiger partial charge in [-0.25, -0.2) is 18.0 Å². The first kappa shape index (κ1) is 16.0. The molecule has 0 aromatic heterocycles. The lowest BCUT2D eigenvalue weighted by Gasteiger charge is -2.30. The number of carbonyl (C=O) groups excluding carboxylic acids is 1. The molecule has 20 heavy (non-hydrogen) atoms. The van der Waals surface area contributed by atoms with Crippen LogP contribution in [0.1, 0.15) is 31.1 Å². The zero-order valence-electron chi connectivity index (χ0n) is 11.1. The lowest BCUT2D eigenvalue weighted by atomic mass is 9.88. The third kappa shape index (κ3) is 2.92. The number of hydrogen-bond acceptors (Lipinski definition) is 2.